The predicted molar refractivity (Wildman–Crippen MR) is 101 cm³/mol. The topological polar surface area (TPSA) is 89.8 Å². The van der Waals surface area contributed by atoms with Crippen molar-refractivity contribution in [3.8, 4) is 0 Å². The average Bonchev–Trinajstić information content (AvgIpc) is 2.68. The molecule has 6 heteroatoms. The summed E-state index contributed by atoms with van der Waals surface area (Å²) in [6.45, 7) is -1.55. The van der Waals surface area contributed by atoms with Crippen LogP contribution in [0.15, 0.2) is 60.7 Å². The van der Waals surface area contributed by atoms with Crippen LogP contribution in [0.3, 0.4) is 0 Å². The van der Waals surface area contributed by atoms with Gasteiger partial charge in [-0.1, -0.05) is 60.7 Å². The van der Waals surface area contributed by atoms with E-state index in [9.17, 15) is 20.1 Å². The van der Waals surface area contributed by atoms with Crippen molar-refractivity contribution in [1.29, 1.82) is 0 Å². The molecule has 0 aliphatic carbocycles. The number of rotatable bonds is 9. The van der Waals surface area contributed by atoms with E-state index in [2.05, 4.69) is 29.6 Å². The summed E-state index contributed by atoms with van der Waals surface area (Å²) in [5, 5.41) is 32.9. The van der Waals surface area contributed by atoms with Crippen LogP contribution in [0.2, 0.25) is 0 Å². The maximum absolute atomic E-state index is 12.3. The normalized spacial score (nSPS) is 11.5. The van der Waals surface area contributed by atoms with Gasteiger partial charge in [0.05, 0.1) is 19.8 Å². The first-order valence-corrected chi connectivity index (χ1v) is 9.68. The maximum atomic E-state index is 12.3. The zero-order valence-corrected chi connectivity index (χ0v) is 14.9. The molecule has 0 fully saturated rings. The smallest absolute Gasteiger partial charge is 0.221 e. The number of hydrogen-bond acceptors (Lipinski definition) is 4. The van der Waals surface area contributed by atoms with Gasteiger partial charge in [-0.05, 0) is 24.7 Å². The van der Waals surface area contributed by atoms with E-state index in [1.54, 1.807) is 0 Å². The molecule has 0 heterocycles. The fourth-order valence-electron chi connectivity index (χ4n) is 2.46. The lowest BCUT2D eigenvalue weighted by Crippen LogP contribution is -2.57. The zero-order chi connectivity index (χ0) is 18.1. The van der Waals surface area contributed by atoms with Crippen molar-refractivity contribution in [2.45, 2.75) is 12.0 Å². The molecule has 0 saturated heterocycles. The fourth-order valence-corrected chi connectivity index (χ4v) is 4.77. The summed E-state index contributed by atoms with van der Waals surface area (Å²) in [6, 6.07) is 20.1. The molecule has 1 amide bonds. The number of carbonyl (C=O) groups excluding carboxylic acids is 1. The molecule has 4 N–H and O–H groups in total. The Labute approximate surface area is 149 Å². The molecule has 2 aromatic rings. The molecular weight excluding hydrogens is 337 g/mol. The molecule has 0 atom stereocenters. The Balaban J connectivity index is 2.09. The van der Waals surface area contributed by atoms with Crippen molar-refractivity contribution in [3.05, 3.63) is 60.7 Å². The third-order valence-electron chi connectivity index (χ3n) is 4.01. The van der Waals surface area contributed by atoms with E-state index < -0.39 is 33.3 Å². The van der Waals surface area contributed by atoms with Gasteiger partial charge in [0.1, 0.15) is 5.54 Å². The summed E-state index contributed by atoms with van der Waals surface area (Å²) in [6.07, 6.45) is 0.894. The van der Waals surface area contributed by atoms with Gasteiger partial charge in [-0.2, -0.15) is 0 Å². The SMILES string of the molecule is O=C(CCP(c1ccccc1)c1ccccc1)NC(CO)(CO)CO. The van der Waals surface area contributed by atoms with E-state index in [4.69, 9.17) is 0 Å². The van der Waals surface area contributed by atoms with Crippen molar-refractivity contribution in [2.75, 3.05) is 26.0 Å². The Hall–Kier alpha value is -1.78. The highest BCUT2D eigenvalue weighted by Gasteiger charge is 2.30. The van der Waals surface area contributed by atoms with E-state index in [1.807, 2.05) is 36.4 Å². The summed E-state index contributed by atoms with van der Waals surface area (Å²) in [7, 11) is -0.686. The number of hydrogen-bond donors (Lipinski definition) is 4. The van der Waals surface area contributed by atoms with Gasteiger partial charge in [0, 0.05) is 6.42 Å². The Morgan fingerprint density at radius 3 is 1.68 bits per heavy atom. The molecule has 0 saturated carbocycles. The van der Waals surface area contributed by atoms with Crippen LogP contribution in [0.1, 0.15) is 6.42 Å². The van der Waals surface area contributed by atoms with Gasteiger partial charge in [0.25, 0.3) is 0 Å². The van der Waals surface area contributed by atoms with Crippen LogP contribution in [-0.4, -0.2) is 52.7 Å². The highest BCUT2D eigenvalue weighted by molar-refractivity contribution is 7.73. The second-order valence-electron chi connectivity index (χ2n) is 5.88. The van der Waals surface area contributed by atoms with Gasteiger partial charge in [-0.25, -0.2) is 0 Å². The molecule has 0 aliphatic rings. The predicted octanol–water partition coefficient (Wildman–Crippen LogP) is 0.341. The fraction of sp³-hybridized carbons (Fsp3) is 0.316. The maximum Gasteiger partial charge on any atom is 0.221 e. The first-order chi connectivity index (χ1) is 12.1. The van der Waals surface area contributed by atoms with Crippen LogP contribution in [0.5, 0.6) is 0 Å². The van der Waals surface area contributed by atoms with E-state index >= 15 is 0 Å². The van der Waals surface area contributed by atoms with Crippen molar-refractivity contribution in [2.24, 2.45) is 0 Å². The summed E-state index contributed by atoms with van der Waals surface area (Å²) in [5.74, 6) is -0.295. The number of amides is 1. The van der Waals surface area contributed by atoms with Crippen LogP contribution in [0.25, 0.3) is 0 Å². The molecular formula is C19H24NO4P. The molecule has 0 bridgehead atoms. The van der Waals surface area contributed by atoms with E-state index in [0.717, 1.165) is 0 Å². The van der Waals surface area contributed by atoms with Gasteiger partial charge in [-0.3, -0.25) is 4.79 Å². The zero-order valence-electron chi connectivity index (χ0n) is 14.0. The van der Waals surface area contributed by atoms with Crippen molar-refractivity contribution < 1.29 is 20.1 Å². The van der Waals surface area contributed by atoms with Gasteiger partial charge < -0.3 is 20.6 Å². The first kappa shape index (κ1) is 19.5. The highest BCUT2D eigenvalue weighted by Crippen LogP contribution is 2.34. The van der Waals surface area contributed by atoms with Gasteiger partial charge in [0.15, 0.2) is 0 Å². The third-order valence-corrected chi connectivity index (χ3v) is 6.52. The van der Waals surface area contributed by atoms with Gasteiger partial charge in [-0.15, -0.1) is 0 Å². The number of nitrogens with one attached hydrogen (secondary N) is 1. The summed E-state index contributed by atoms with van der Waals surface area (Å²) in [4.78, 5) is 12.3. The van der Waals surface area contributed by atoms with Crippen molar-refractivity contribution >= 4 is 24.4 Å². The molecule has 25 heavy (non-hydrogen) atoms. The lowest BCUT2D eigenvalue weighted by atomic mass is 10.0. The van der Waals surface area contributed by atoms with Gasteiger partial charge in [0.2, 0.25) is 5.91 Å². The third kappa shape index (κ3) is 5.35. The lowest BCUT2D eigenvalue weighted by Gasteiger charge is -2.29. The monoisotopic (exact) mass is 361 g/mol. The Bertz CT molecular complexity index is 599. The molecule has 0 aliphatic heterocycles. The molecule has 2 aromatic carbocycles. The standard InChI is InChI=1S/C19H24NO4P/c21-13-19(14-22,15-23)20-18(24)11-12-25(16-7-3-1-4-8-16)17-9-5-2-6-10-17/h1-10,21-23H,11-15H2,(H,20,24). The lowest BCUT2D eigenvalue weighted by molar-refractivity contribution is -0.125. The average molecular weight is 361 g/mol. The minimum absolute atomic E-state index is 0.247. The molecule has 2 rings (SSSR count). The summed E-state index contributed by atoms with van der Waals surface area (Å²) in [5.41, 5.74) is -1.38. The van der Waals surface area contributed by atoms with Gasteiger partial charge >= 0.3 is 0 Å². The van der Waals surface area contributed by atoms with Crippen molar-refractivity contribution in [1.82, 2.24) is 5.32 Å². The quantitative estimate of drug-likeness (QED) is 0.485. The minimum Gasteiger partial charge on any atom is -0.394 e. The first-order valence-electron chi connectivity index (χ1n) is 8.15. The van der Waals surface area contributed by atoms with Crippen LogP contribution >= 0.6 is 7.92 Å². The largest absolute Gasteiger partial charge is 0.394 e. The Morgan fingerprint density at radius 2 is 1.28 bits per heavy atom. The van der Waals surface area contributed by atoms with Crippen molar-refractivity contribution in [3.63, 3.8) is 0 Å². The Morgan fingerprint density at radius 1 is 0.840 bits per heavy atom. The number of aliphatic hydroxyl groups excluding tert-OH is 3. The second kappa shape index (κ2) is 9.64. The molecule has 5 nitrogen and oxygen atoms in total. The molecule has 134 valence electrons. The van der Waals surface area contributed by atoms with Crippen LogP contribution < -0.4 is 15.9 Å². The van der Waals surface area contributed by atoms with E-state index in [-0.39, 0.29) is 12.3 Å². The van der Waals surface area contributed by atoms with E-state index in [1.165, 1.54) is 10.6 Å². The van der Waals surface area contributed by atoms with E-state index in [0.29, 0.717) is 6.16 Å². The molecule has 0 unspecified atom stereocenters. The summed E-state index contributed by atoms with van der Waals surface area (Å²) < 4.78 is 0. The second-order valence-corrected chi connectivity index (χ2v) is 8.21. The molecule has 0 radical (unpaired) electrons. The number of aliphatic hydroxyl groups is 3. The number of carbonyl (C=O) groups is 1. The number of benzene rings is 2. The van der Waals surface area contributed by atoms with Crippen LogP contribution in [0.4, 0.5) is 0 Å². The minimum atomic E-state index is -1.38. The highest BCUT2D eigenvalue weighted by atomic mass is 31.1. The van der Waals surface area contributed by atoms with Crippen LogP contribution in [0, 0.1) is 0 Å². The Kier molecular flexibility index (Phi) is 7.53. The molecule has 0 spiro atoms. The molecule has 0 aromatic heterocycles. The van der Waals surface area contributed by atoms with Crippen LogP contribution in [-0.2, 0) is 4.79 Å². The summed E-state index contributed by atoms with van der Waals surface area (Å²) >= 11 is 0.